The number of para-hydroxylation sites is 1. The van der Waals surface area contributed by atoms with E-state index in [0.29, 0.717) is 38.1 Å². The molecular weight excluding hydrogens is 566 g/mol. The zero-order chi connectivity index (χ0) is 31.6. The SMILES string of the molecule is COC[C@H]1N(c2cccc(-c3cccc(C)c3OCc3ccc4c(c3)[C@@H](C)CN(C3CCOCC3)CC4)n2)CC[C@@]1(C)C(=O)O. The summed E-state index contributed by atoms with van der Waals surface area (Å²) in [5.74, 6) is 1.23. The van der Waals surface area contributed by atoms with Crippen molar-refractivity contribution in [1.29, 1.82) is 0 Å². The first-order chi connectivity index (χ1) is 21.8. The van der Waals surface area contributed by atoms with Crippen molar-refractivity contribution in [2.75, 3.05) is 51.5 Å². The summed E-state index contributed by atoms with van der Waals surface area (Å²) in [6.45, 7) is 11.6. The van der Waals surface area contributed by atoms with Crippen molar-refractivity contribution >= 4 is 11.8 Å². The lowest BCUT2D eigenvalue weighted by Gasteiger charge is -2.34. The van der Waals surface area contributed by atoms with Crippen LogP contribution in [0.1, 0.15) is 61.3 Å². The minimum absolute atomic E-state index is 0.310. The topological polar surface area (TPSA) is 84.4 Å². The number of aromatic nitrogens is 1. The summed E-state index contributed by atoms with van der Waals surface area (Å²) in [5.41, 5.74) is 5.93. The van der Waals surface area contributed by atoms with Crippen LogP contribution in [0.5, 0.6) is 5.75 Å². The highest BCUT2D eigenvalue weighted by atomic mass is 16.5. The Morgan fingerprint density at radius 1 is 1.11 bits per heavy atom. The van der Waals surface area contributed by atoms with Gasteiger partial charge in [0, 0.05) is 51.6 Å². The van der Waals surface area contributed by atoms with E-state index in [1.165, 1.54) is 16.7 Å². The van der Waals surface area contributed by atoms with Crippen LogP contribution in [-0.2, 0) is 27.3 Å². The van der Waals surface area contributed by atoms with Crippen LogP contribution >= 0.6 is 0 Å². The first-order valence-corrected chi connectivity index (χ1v) is 16.4. The number of carboxylic acids is 1. The zero-order valence-corrected chi connectivity index (χ0v) is 27.1. The lowest BCUT2D eigenvalue weighted by molar-refractivity contribution is -0.148. The van der Waals surface area contributed by atoms with Gasteiger partial charge in [-0.2, -0.15) is 0 Å². The van der Waals surface area contributed by atoms with E-state index in [0.717, 1.165) is 74.0 Å². The minimum atomic E-state index is -0.903. The van der Waals surface area contributed by atoms with Gasteiger partial charge in [-0.25, -0.2) is 4.98 Å². The van der Waals surface area contributed by atoms with Crippen molar-refractivity contribution in [2.24, 2.45) is 5.41 Å². The molecule has 0 amide bonds. The molecule has 4 heterocycles. The van der Waals surface area contributed by atoms with E-state index < -0.39 is 11.4 Å². The maximum atomic E-state index is 12.2. The molecule has 3 aromatic rings. The summed E-state index contributed by atoms with van der Waals surface area (Å²) in [4.78, 5) is 22.0. The van der Waals surface area contributed by atoms with E-state index >= 15 is 0 Å². The van der Waals surface area contributed by atoms with Gasteiger partial charge in [-0.3, -0.25) is 9.69 Å². The van der Waals surface area contributed by atoms with Gasteiger partial charge in [0.05, 0.1) is 23.8 Å². The van der Waals surface area contributed by atoms with Crippen LogP contribution in [0.3, 0.4) is 0 Å². The van der Waals surface area contributed by atoms with Gasteiger partial charge in [-0.1, -0.05) is 43.3 Å². The Balaban J connectivity index is 1.21. The molecule has 0 radical (unpaired) electrons. The highest BCUT2D eigenvalue weighted by Crippen LogP contribution is 2.41. The average molecular weight is 614 g/mol. The molecule has 0 unspecified atom stereocenters. The standard InChI is InChI=1S/C37H47N3O5/c1-25-7-5-8-30(32-9-6-10-34(38-32)40-18-16-37(3,36(41)42)33(40)24-43-4)35(25)45-23-27-11-12-28-13-17-39(22-26(2)31(28)21-27)29-14-19-44-20-15-29/h5-12,21,26,29,33H,13-20,22-24H2,1-4H3,(H,41,42)/t26-,33+,37+/m0/s1. The van der Waals surface area contributed by atoms with E-state index in [9.17, 15) is 9.90 Å². The van der Waals surface area contributed by atoms with E-state index in [-0.39, 0.29) is 6.04 Å². The van der Waals surface area contributed by atoms with Crippen LogP contribution in [0.4, 0.5) is 5.82 Å². The summed E-state index contributed by atoms with van der Waals surface area (Å²) < 4.78 is 17.7. The number of benzene rings is 2. The normalized spacial score (nSPS) is 24.3. The van der Waals surface area contributed by atoms with Crippen molar-refractivity contribution in [3.05, 3.63) is 76.9 Å². The molecule has 45 heavy (non-hydrogen) atoms. The Hall–Kier alpha value is -3.46. The molecule has 2 aromatic carbocycles. The number of fused-ring (bicyclic) bond motifs is 1. The second-order valence-corrected chi connectivity index (χ2v) is 13.3. The summed E-state index contributed by atoms with van der Waals surface area (Å²) in [7, 11) is 1.62. The van der Waals surface area contributed by atoms with Crippen LogP contribution in [0.2, 0.25) is 0 Å². The molecule has 8 heteroatoms. The number of methoxy groups -OCH3 is 1. The number of carboxylic acid groups (broad SMARTS) is 1. The Bertz CT molecular complexity index is 1510. The van der Waals surface area contributed by atoms with Gasteiger partial charge in [0.25, 0.3) is 0 Å². The molecular formula is C37H47N3O5. The maximum Gasteiger partial charge on any atom is 0.311 e. The third-order valence-electron chi connectivity index (χ3n) is 10.3. The second-order valence-electron chi connectivity index (χ2n) is 13.3. The number of anilines is 1. The molecule has 3 aliphatic rings. The Labute approximate surface area is 267 Å². The monoisotopic (exact) mass is 613 g/mol. The fraction of sp³-hybridized carbons (Fsp3) is 0.514. The number of aryl methyl sites for hydroxylation is 1. The molecule has 6 rings (SSSR count). The van der Waals surface area contributed by atoms with Crippen molar-refractivity contribution in [2.45, 2.75) is 71.1 Å². The second kappa shape index (κ2) is 13.5. The smallest absolute Gasteiger partial charge is 0.311 e. The predicted molar refractivity (Wildman–Crippen MR) is 176 cm³/mol. The maximum absolute atomic E-state index is 12.2. The molecule has 0 spiro atoms. The number of hydrogen-bond acceptors (Lipinski definition) is 7. The van der Waals surface area contributed by atoms with Gasteiger partial charge >= 0.3 is 5.97 Å². The zero-order valence-electron chi connectivity index (χ0n) is 27.1. The third kappa shape index (κ3) is 6.46. The quantitative estimate of drug-likeness (QED) is 0.310. The molecule has 8 nitrogen and oxygen atoms in total. The van der Waals surface area contributed by atoms with Gasteiger partial charge < -0.3 is 24.2 Å². The number of pyridine rings is 1. The summed E-state index contributed by atoms with van der Waals surface area (Å²) >= 11 is 0. The highest BCUT2D eigenvalue weighted by molar-refractivity contribution is 5.77. The number of nitrogens with zero attached hydrogens (tertiary/aromatic N) is 3. The molecule has 0 saturated carbocycles. The fourth-order valence-electron chi connectivity index (χ4n) is 7.52. The number of carbonyl (C=O) groups is 1. The highest BCUT2D eigenvalue weighted by Gasteiger charge is 2.50. The molecule has 240 valence electrons. The Morgan fingerprint density at radius 3 is 2.69 bits per heavy atom. The van der Waals surface area contributed by atoms with Gasteiger partial charge in [0.2, 0.25) is 0 Å². The van der Waals surface area contributed by atoms with E-state index in [1.807, 2.05) is 24.3 Å². The minimum Gasteiger partial charge on any atom is -0.488 e. The van der Waals surface area contributed by atoms with Crippen molar-refractivity contribution in [3.8, 4) is 17.0 Å². The summed E-state index contributed by atoms with van der Waals surface area (Å²) in [6, 6.07) is 19.3. The van der Waals surface area contributed by atoms with Crippen LogP contribution in [0.15, 0.2) is 54.6 Å². The molecule has 1 aromatic heterocycles. The number of rotatable bonds is 9. The molecule has 3 aliphatic heterocycles. The molecule has 2 fully saturated rings. The predicted octanol–water partition coefficient (Wildman–Crippen LogP) is 6.09. The largest absolute Gasteiger partial charge is 0.488 e. The van der Waals surface area contributed by atoms with Crippen LogP contribution < -0.4 is 9.64 Å². The number of hydrogen-bond donors (Lipinski definition) is 1. The van der Waals surface area contributed by atoms with Crippen LogP contribution in [0, 0.1) is 12.3 Å². The summed E-state index contributed by atoms with van der Waals surface area (Å²) in [5, 5.41) is 10.0. The lowest BCUT2D eigenvalue weighted by Crippen LogP contribution is -2.46. The number of aliphatic carboxylic acids is 1. The van der Waals surface area contributed by atoms with Crippen LogP contribution in [-0.4, -0.2) is 79.6 Å². The van der Waals surface area contributed by atoms with E-state index in [4.69, 9.17) is 19.2 Å². The molecule has 2 saturated heterocycles. The first-order valence-electron chi connectivity index (χ1n) is 16.4. The molecule has 0 bridgehead atoms. The van der Waals surface area contributed by atoms with Crippen LogP contribution in [0.25, 0.3) is 11.3 Å². The van der Waals surface area contributed by atoms with Crippen molar-refractivity contribution in [3.63, 3.8) is 0 Å². The van der Waals surface area contributed by atoms with Gasteiger partial charge in [-0.05, 0) is 85.9 Å². The van der Waals surface area contributed by atoms with Gasteiger partial charge in [0.15, 0.2) is 0 Å². The van der Waals surface area contributed by atoms with Crippen molar-refractivity contribution < 1.29 is 24.1 Å². The lowest BCUT2D eigenvalue weighted by atomic mass is 9.83. The Kier molecular flexibility index (Phi) is 9.45. The van der Waals surface area contributed by atoms with Gasteiger partial charge in [0.1, 0.15) is 18.2 Å². The first kappa shape index (κ1) is 31.5. The summed E-state index contributed by atoms with van der Waals surface area (Å²) in [6.07, 6.45) is 3.88. The van der Waals surface area contributed by atoms with E-state index in [2.05, 4.69) is 54.0 Å². The molecule has 1 N–H and O–H groups in total. The Morgan fingerprint density at radius 2 is 1.91 bits per heavy atom. The van der Waals surface area contributed by atoms with Gasteiger partial charge in [-0.15, -0.1) is 0 Å². The van der Waals surface area contributed by atoms with E-state index in [1.54, 1.807) is 14.0 Å². The average Bonchev–Trinajstić information content (AvgIpc) is 3.30. The molecule has 0 aliphatic carbocycles. The third-order valence-corrected chi connectivity index (χ3v) is 10.3. The van der Waals surface area contributed by atoms with Crippen molar-refractivity contribution in [1.82, 2.24) is 9.88 Å². The molecule has 3 atom stereocenters. The number of ether oxygens (including phenoxy) is 3. The fourth-order valence-corrected chi connectivity index (χ4v) is 7.52.